The van der Waals surface area contributed by atoms with Crippen molar-refractivity contribution in [2.45, 2.75) is 18.9 Å². The van der Waals surface area contributed by atoms with Crippen LogP contribution >= 0.6 is 23.8 Å². The molecular weight excluding hydrogens is 540 g/mol. The maximum Gasteiger partial charge on any atom is 0.269 e. The molecule has 39 heavy (non-hydrogen) atoms. The molecule has 0 radical (unpaired) electrons. The minimum Gasteiger partial charge on any atom is -0.493 e. The van der Waals surface area contributed by atoms with E-state index < -0.39 is 17.9 Å². The molecule has 3 amide bonds. The van der Waals surface area contributed by atoms with Crippen LogP contribution in [-0.4, -0.2) is 54.6 Å². The summed E-state index contributed by atoms with van der Waals surface area (Å²) in [6.45, 7) is 0.330. The monoisotopic (exact) mass is 566 g/mol. The quantitative estimate of drug-likeness (QED) is 0.361. The molecule has 4 rings (SSSR count). The van der Waals surface area contributed by atoms with Gasteiger partial charge in [0.2, 0.25) is 11.0 Å². The molecule has 0 spiro atoms. The lowest BCUT2D eigenvalue weighted by Crippen LogP contribution is -2.50. The van der Waals surface area contributed by atoms with Crippen LogP contribution in [-0.2, 0) is 16.0 Å². The summed E-state index contributed by atoms with van der Waals surface area (Å²) >= 11 is 11.6. The molecule has 1 fully saturated rings. The van der Waals surface area contributed by atoms with Crippen molar-refractivity contribution in [1.82, 2.24) is 15.8 Å². The maximum atomic E-state index is 13.5. The van der Waals surface area contributed by atoms with Crippen LogP contribution in [0.25, 0.3) is 0 Å². The summed E-state index contributed by atoms with van der Waals surface area (Å²) in [4.78, 5) is 40.6. The first-order chi connectivity index (χ1) is 18.8. The number of amides is 3. The lowest BCUT2D eigenvalue weighted by Gasteiger charge is -2.24. The molecule has 3 aromatic carbocycles. The smallest absolute Gasteiger partial charge is 0.269 e. The molecule has 1 heterocycles. The number of nitrogens with zero attached hydrogens (tertiary/aromatic N) is 2. The predicted molar refractivity (Wildman–Crippen MR) is 152 cm³/mol. The Labute approximate surface area is 236 Å². The third kappa shape index (κ3) is 6.47. The first kappa shape index (κ1) is 27.9. The zero-order chi connectivity index (χ0) is 27.9. The van der Waals surface area contributed by atoms with Crippen molar-refractivity contribution < 1.29 is 23.9 Å². The molecule has 0 saturated carbocycles. The van der Waals surface area contributed by atoms with Gasteiger partial charge in [-0.1, -0.05) is 35.9 Å². The Morgan fingerprint density at radius 3 is 2.33 bits per heavy atom. The van der Waals surface area contributed by atoms with Crippen LogP contribution in [0.4, 0.5) is 5.69 Å². The first-order valence-corrected chi connectivity index (χ1v) is 12.9. The predicted octanol–water partition coefficient (Wildman–Crippen LogP) is 3.75. The summed E-state index contributed by atoms with van der Waals surface area (Å²) in [6, 6.07) is 19.6. The minimum atomic E-state index is -1.04. The second kappa shape index (κ2) is 12.6. The molecule has 3 aromatic rings. The molecule has 1 saturated heterocycles. The van der Waals surface area contributed by atoms with Gasteiger partial charge in [-0.05, 0) is 72.7 Å². The van der Waals surface area contributed by atoms with Crippen LogP contribution in [0.5, 0.6) is 11.5 Å². The molecule has 0 aromatic heterocycles. The average Bonchev–Trinajstić information content (AvgIpc) is 3.17. The molecular formula is C28H27ClN4O5S. The van der Waals surface area contributed by atoms with E-state index in [2.05, 4.69) is 10.7 Å². The van der Waals surface area contributed by atoms with Gasteiger partial charge in [0, 0.05) is 17.1 Å². The normalized spacial score (nSPS) is 14.8. The summed E-state index contributed by atoms with van der Waals surface area (Å²) in [5.41, 5.74) is 4.51. The van der Waals surface area contributed by atoms with Gasteiger partial charge in [0.1, 0.15) is 6.04 Å². The Morgan fingerprint density at radius 2 is 1.67 bits per heavy atom. The summed E-state index contributed by atoms with van der Waals surface area (Å²) in [5, 5.41) is 4.67. The van der Waals surface area contributed by atoms with Gasteiger partial charge in [-0.15, -0.1) is 0 Å². The molecule has 11 heteroatoms. The minimum absolute atomic E-state index is 0.0507. The highest BCUT2D eigenvalue weighted by atomic mass is 35.5. The molecule has 9 nitrogen and oxygen atoms in total. The number of carbonyl (C=O) groups excluding carboxylic acids is 3. The Bertz CT molecular complexity index is 1370. The summed E-state index contributed by atoms with van der Waals surface area (Å²) < 4.78 is 10.6. The number of carbonyl (C=O) groups is 3. The van der Waals surface area contributed by atoms with E-state index in [-0.39, 0.29) is 17.4 Å². The van der Waals surface area contributed by atoms with E-state index in [0.29, 0.717) is 40.7 Å². The SMILES string of the molecule is COc1ccc(CCNC(=O)C[C@@H]2C(=O)N(c3ccc(Cl)cc3)C(=S)N2NC(=O)c2ccccc2)cc1OC. The van der Waals surface area contributed by atoms with E-state index in [1.165, 1.54) is 9.91 Å². The summed E-state index contributed by atoms with van der Waals surface area (Å²) in [5.74, 6) is -0.0517. The Morgan fingerprint density at radius 1 is 0.974 bits per heavy atom. The van der Waals surface area contributed by atoms with Crippen molar-refractivity contribution in [3.63, 3.8) is 0 Å². The van der Waals surface area contributed by atoms with Gasteiger partial charge in [-0.2, -0.15) is 0 Å². The van der Waals surface area contributed by atoms with Gasteiger partial charge in [-0.3, -0.25) is 24.7 Å². The third-order valence-electron chi connectivity index (χ3n) is 6.12. The van der Waals surface area contributed by atoms with E-state index in [4.69, 9.17) is 33.3 Å². The number of rotatable bonds is 10. The molecule has 202 valence electrons. The third-order valence-corrected chi connectivity index (χ3v) is 6.75. The fourth-order valence-electron chi connectivity index (χ4n) is 4.12. The zero-order valence-corrected chi connectivity index (χ0v) is 22.9. The van der Waals surface area contributed by atoms with Gasteiger partial charge in [-0.25, -0.2) is 5.01 Å². The highest BCUT2D eigenvalue weighted by molar-refractivity contribution is 7.80. The molecule has 1 aliphatic rings. The average molecular weight is 567 g/mol. The number of hydrazine groups is 1. The van der Waals surface area contributed by atoms with E-state index in [1.54, 1.807) is 74.9 Å². The van der Waals surface area contributed by atoms with Crippen molar-refractivity contribution >= 4 is 52.3 Å². The number of ether oxygens (including phenoxy) is 2. The van der Waals surface area contributed by atoms with Gasteiger partial charge < -0.3 is 14.8 Å². The van der Waals surface area contributed by atoms with Crippen LogP contribution in [0.15, 0.2) is 72.8 Å². The van der Waals surface area contributed by atoms with Crippen LogP contribution in [0, 0.1) is 0 Å². The highest BCUT2D eigenvalue weighted by Gasteiger charge is 2.45. The molecule has 0 aliphatic carbocycles. The van der Waals surface area contributed by atoms with Gasteiger partial charge in [0.25, 0.3) is 11.8 Å². The van der Waals surface area contributed by atoms with E-state index >= 15 is 0 Å². The first-order valence-electron chi connectivity index (χ1n) is 12.1. The van der Waals surface area contributed by atoms with Crippen LogP contribution in [0.1, 0.15) is 22.3 Å². The number of benzene rings is 3. The largest absolute Gasteiger partial charge is 0.493 e. The molecule has 2 N–H and O–H groups in total. The van der Waals surface area contributed by atoms with Crippen molar-refractivity contribution in [3.05, 3.63) is 88.9 Å². The summed E-state index contributed by atoms with van der Waals surface area (Å²) in [6.07, 6.45) is 0.318. The van der Waals surface area contributed by atoms with Crippen molar-refractivity contribution in [2.75, 3.05) is 25.7 Å². The molecule has 1 atom stereocenters. The number of nitrogens with one attached hydrogen (secondary N) is 2. The Hall–Kier alpha value is -4.15. The fourth-order valence-corrected chi connectivity index (χ4v) is 4.61. The van der Waals surface area contributed by atoms with E-state index in [9.17, 15) is 14.4 Å². The number of thiocarbonyl (C=S) groups is 1. The van der Waals surface area contributed by atoms with Crippen molar-refractivity contribution in [2.24, 2.45) is 0 Å². The fraction of sp³-hybridized carbons (Fsp3) is 0.214. The number of halogens is 1. The Kier molecular flexibility index (Phi) is 9.00. The number of hydrogen-bond acceptors (Lipinski definition) is 6. The van der Waals surface area contributed by atoms with E-state index in [0.717, 1.165) is 5.56 Å². The highest BCUT2D eigenvalue weighted by Crippen LogP contribution is 2.28. The number of anilines is 1. The second-order valence-corrected chi connectivity index (χ2v) is 9.42. The van der Waals surface area contributed by atoms with E-state index in [1.807, 2.05) is 12.1 Å². The lowest BCUT2D eigenvalue weighted by molar-refractivity contribution is -0.127. The Balaban J connectivity index is 1.47. The topological polar surface area (TPSA) is 100 Å². The molecule has 0 bridgehead atoms. The lowest BCUT2D eigenvalue weighted by atomic mass is 10.1. The second-order valence-electron chi connectivity index (χ2n) is 8.62. The van der Waals surface area contributed by atoms with Gasteiger partial charge in [0.05, 0.1) is 26.3 Å². The molecule has 1 aliphatic heterocycles. The zero-order valence-electron chi connectivity index (χ0n) is 21.3. The standard InChI is InChI=1S/C28H27ClN4O5S/c1-37-23-13-8-18(16-24(23)38-2)14-15-30-25(34)17-22-27(36)32(21-11-9-20(29)10-12-21)28(39)33(22)31-26(35)19-6-4-3-5-7-19/h3-13,16,22H,14-15,17H2,1-2H3,(H,30,34)(H,31,35)/t22-/m1/s1. The van der Waals surface area contributed by atoms with Crippen molar-refractivity contribution in [3.8, 4) is 11.5 Å². The van der Waals surface area contributed by atoms with Gasteiger partial charge >= 0.3 is 0 Å². The van der Waals surface area contributed by atoms with Crippen molar-refractivity contribution in [1.29, 1.82) is 0 Å². The van der Waals surface area contributed by atoms with Gasteiger partial charge in [0.15, 0.2) is 11.5 Å². The molecule has 0 unspecified atom stereocenters. The number of hydrogen-bond donors (Lipinski definition) is 2. The van der Waals surface area contributed by atoms with Crippen LogP contribution in [0.2, 0.25) is 5.02 Å². The maximum absolute atomic E-state index is 13.5. The van der Waals surface area contributed by atoms with Crippen LogP contribution in [0.3, 0.4) is 0 Å². The van der Waals surface area contributed by atoms with Crippen LogP contribution < -0.4 is 25.1 Å². The number of methoxy groups -OCH3 is 2. The summed E-state index contributed by atoms with van der Waals surface area (Å²) in [7, 11) is 3.12.